The first-order chi connectivity index (χ1) is 43.0. The van der Waals surface area contributed by atoms with Crippen LogP contribution in [0.4, 0.5) is 0 Å². The van der Waals surface area contributed by atoms with Crippen LogP contribution in [0.3, 0.4) is 0 Å². The first-order valence-electron chi connectivity index (χ1n) is 40.1. The van der Waals surface area contributed by atoms with Crippen molar-refractivity contribution >= 4 is 11.9 Å². The number of hydrogen-bond donors (Lipinski definition) is 3. The van der Waals surface area contributed by atoms with E-state index in [9.17, 15) is 19.8 Å². The van der Waals surface area contributed by atoms with Gasteiger partial charge in [-0.2, -0.15) is 0 Å². The van der Waals surface area contributed by atoms with Crippen LogP contribution < -0.4 is 5.32 Å². The summed E-state index contributed by atoms with van der Waals surface area (Å²) in [4.78, 5) is 24.6. The van der Waals surface area contributed by atoms with Crippen LogP contribution in [0.5, 0.6) is 0 Å². The van der Waals surface area contributed by atoms with E-state index in [0.29, 0.717) is 25.9 Å². The number of carbonyl (C=O) groups is 2. The molecule has 1 amide bonds. The molecule has 0 heterocycles. The molecule has 0 aromatic carbocycles. The van der Waals surface area contributed by atoms with E-state index in [1.165, 1.54) is 372 Å². The van der Waals surface area contributed by atoms with Gasteiger partial charge in [0.2, 0.25) is 5.91 Å². The number of ether oxygens (including phenoxy) is 1. The van der Waals surface area contributed by atoms with E-state index in [-0.39, 0.29) is 18.5 Å². The molecule has 0 fully saturated rings. The molecular weight excluding hydrogens is 1070 g/mol. The molecule has 6 heteroatoms. The van der Waals surface area contributed by atoms with Gasteiger partial charge >= 0.3 is 5.97 Å². The van der Waals surface area contributed by atoms with E-state index in [1.807, 2.05) is 0 Å². The molecule has 0 bridgehead atoms. The molecule has 0 aromatic rings. The van der Waals surface area contributed by atoms with Crippen LogP contribution in [0.1, 0.15) is 457 Å². The van der Waals surface area contributed by atoms with Crippen molar-refractivity contribution in [3.05, 3.63) is 24.3 Å². The van der Waals surface area contributed by atoms with Gasteiger partial charge in [-0.05, 0) is 51.4 Å². The highest BCUT2D eigenvalue weighted by Gasteiger charge is 2.20. The maximum absolute atomic E-state index is 12.6. The Bertz CT molecular complexity index is 1360. The number of aliphatic hydroxyl groups is 2. The summed E-state index contributed by atoms with van der Waals surface area (Å²) in [6.45, 7) is 4.96. The molecule has 0 aliphatic rings. The average Bonchev–Trinajstić information content (AvgIpc) is 3.52. The van der Waals surface area contributed by atoms with Crippen molar-refractivity contribution in [3.8, 4) is 0 Å². The molecule has 87 heavy (non-hydrogen) atoms. The molecule has 0 rings (SSSR count). The minimum Gasteiger partial charge on any atom is -0.466 e. The van der Waals surface area contributed by atoms with Crippen LogP contribution in [0, 0.1) is 0 Å². The third kappa shape index (κ3) is 73.3. The number of allylic oxidation sites excluding steroid dienone is 4. The van der Waals surface area contributed by atoms with Crippen molar-refractivity contribution in [2.75, 3.05) is 13.2 Å². The number of esters is 1. The molecule has 2 atom stereocenters. The summed E-state index contributed by atoms with van der Waals surface area (Å²) in [5.41, 5.74) is 0. The highest BCUT2D eigenvalue weighted by Crippen LogP contribution is 2.20. The highest BCUT2D eigenvalue weighted by molar-refractivity contribution is 5.76. The number of nitrogens with one attached hydrogen (secondary N) is 1. The SMILES string of the molecule is CCCC/C=C\C/C=C\CCCCCCCC(=O)OCCCCCCCCCCCCCCCCCCCCCCCCCCCCCCCCCCCCCC(=O)NC(CO)C(O)CCCCCCCCCCCCCCCCCCCCCCC. The molecule has 3 N–H and O–H groups in total. The molecular formula is C81H157NO5. The smallest absolute Gasteiger partial charge is 0.305 e. The van der Waals surface area contributed by atoms with E-state index >= 15 is 0 Å². The van der Waals surface area contributed by atoms with E-state index in [4.69, 9.17) is 4.74 Å². The Balaban J connectivity index is 3.31. The number of aliphatic hydroxyl groups excluding tert-OH is 2. The second kappa shape index (κ2) is 76.8. The lowest BCUT2D eigenvalue weighted by molar-refractivity contribution is -0.143. The van der Waals surface area contributed by atoms with Crippen LogP contribution >= 0.6 is 0 Å². The second-order valence-corrected chi connectivity index (χ2v) is 27.8. The maximum atomic E-state index is 12.6. The Labute approximate surface area is 545 Å². The fraction of sp³-hybridized carbons (Fsp3) is 0.926. The first kappa shape index (κ1) is 85.3. The molecule has 0 aliphatic carbocycles. The summed E-state index contributed by atoms with van der Waals surface area (Å²) in [6, 6.07) is -0.538. The van der Waals surface area contributed by atoms with Gasteiger partial charge in [-0.3, -0.25) is 9.59 Å². The van der Waals surface area contributed by atoms with E-state index < -0.39 is 12.1 Å². The zero-order valence-electron chi connectivity index (χ0n) is 59.3. The highest BCUT2D eigenvalue weighted by atomic mass is 16.5. The number of unbranched alkanes of at least 4 members (excludes halogenated alkanes) is 61. The molecule has 0 radical (unpaired) electrons. The number of carbonyl (C=O) groups excluding carboxylic acids is 2. The Hall–Kier alpha value is -1.66. The van der Waals surface area contributed by atoms with Gasteiger partial charge in [-0.25, -0.2) is 0 Å². The molecule has 0 aliphatic heterocycles. The Kier molecular flexibility index (Phi) is 75.3. The maximum Gasteiger partial charge on any atom is 0.305 e. The predicted octanol–water partition coefficient (Wildman–Crippen LogP) is 26.4. The fourth-order valence-corrected chi connectivity index (χ4v) is 12.9. The van der Waals surface area contributed by atoms with Crippen molar-refractivity contribution < 1.29 is 24.5 Å². The van der Waals surface area contributed by atoms with E-state index in [0.717, 1.165) is 51.4 Å². The second-order valence-electron chi connectivity index (χ2n) is 27.8. The summed E-state index contributed by atoms with van der Waals surface area (Å²) in [6.07, 6.45) is 98.5. The molecule has 516 valence electrons. The third-order valence-corrected chi connectivity index (χ3v) is 19.0. The van der Waals surface area contributed by atoms with Crippen LogP contribution in [-0.2, 0) is 14.3 Å². The summed E-state index contributed by atoms with van der Waals surface area (Å²) in [5, 5.41) is 23.5. The van der Waals surface area contributed by atoms with Gasteiger partial charge in [0.15, 0.2) is 0 Å². The summed E-state index contributed by atoms with van der Waals surface area (Å²) in [5.74, 6) is -0.0155. The van der Waals surface area contributed by atoms with Gasteiger partial charge in [0, 0.05) is 12.8 Å². The minimum absolute atomic E-state index is 0.00876. The number of amides is 1. The van der Waals surface area contributed by atoms with Gasteiger partial charge < -0.3 is 20.3 Å². The number of rotatable bonds is 76. The van der Waals surface area contributed by atoms with Crippen LogP contribution in [0.2, 0.25) is 0 Å². The van der Waals surface area contributed by atoms with Crippen molar-refractivity contribution in [2.45, 2.75) is 469 Å². The Morgan fingerprint density at radius 1 is 0.322 bits per heavy atom. The first-order valence-corrected chi connectivity index (χ1v) is 40.1. The van der Waals surface area contributed by atoms with Gasteiger partial charge in [0.05, 0.1) is 25.4 Å². The largest absolute Gasteiger partial charge is 0.466 e. The predicted molar refractivity (Wildman–Crippen MR) is 384 cm³/mol. The van der Waals surface area contributed by atoms with Crippen molar-refractivity contribution in [1.82, 2.24) is 5.32 Å². The lowest BCUT2D eigenvalue weighted by Gasteiger charge is -2.22. The molecule has 0 spiro atoms. The van der Waals surface area contributed by atoms with Gasteiger partial charge in [-0.1, -0.05) is 417 Å². The summed E-state index contributed by atoms with van der Waals surface area (Å²) < 4.78 is 5.49. The molecule has 6 nitrogen and oxygen atoms in total. The molecule has 2 unspecified atom stereocenters. The third-order valence-electron chi connectivity index (χ3n) is 19.0. The lowest BCUT2D eigenvalue weighted by atomic mass is 10.0. The standard InChI is InChI=1S/C81H157NO5/c1-3-5-7-9-11-13-15-17-19-20-21-37-40-43-46-49-53-57-61-65-69-73-79(84)78(77-83)82-80(85)74-70-66-62-58-54-50-47-44-41-38-35-33-31-29-27-25-23-22-24-26-28-30-32-34-36-39-42-45-48-52-56-60-64-68-72-76-87-81(86)75-71-67-63-59-55-51-18-16-14-12-10-8-6-4-2/h10,12,16,18,78-79,83-84H,3-9,11,13-15,17,19-77H2,1-2H3,(H,82,85)/b12-10-,18-16-. The monoisotopic (exact) mass is 1220 g/mol. The van der Waals surface area contributed by atoms with Crippen molar-refractivity contribution in [3.63, 3.8) is 0 Å². The normalized spacial score (nSPS) is 12.6. The topological polar surface area (TPSA) is 95.9 Å². The van der Waals surface area contributed by atoms with Gasteiger partial charge in [0.25, 0.3) is 0 Å². The Morgan fingerprint density at radius 2 is 0.586 bits per heavy atom. The van der Waals surface area contributed by atoms with Crippen LogP contribution in [0.25, 0.3) is 0 Å². The van der Waals surface area contributed by atoms with Crippen LogP contribution in [0.15, 0.2) is 24.3 Å². The van der Waals surface area contributed by atoms with Gasteiger partial charge in [0.1, 0.15) is 0 Å². The molecule has 0 aromatic heterocycles. The summed E-state index contributed by atoms with van der Waals surface area (Å²) >= 11 is 0. The number of hydrogen-bond acceptors (Lipinski definition) is 5. The lowest BCUT2D eigenvalue weighted by Crippen LogP contribution is -2.45. The van der Waals surface area contributed by atoms with Crippen molar-refractivity contribution in [2.24, 2.45) is 0 Å². The molecule has 0 saturated heterocycles. The minimum atomic E-state index is -0.661. The molecule has 0 saturated carbocycles. The zero-order chi connectivity index (χ0) is 62.8. The van der Waals surface area contributed by atoms with Crippen LogP contribution in [-0.4, -0.2) is 47.4 Å². The average molecular weight is 1230 g/mol. The van der Waals surface area contributed by atoms with E-state index in [1.54, 1.807) is 0 Å². The van der Waals surface area contributed by atoms with E-state index in [2.05, 4.69) is 43.5 Å². The zero-order valence-corrected chi connectivity index (χ0v) is 59.3. The summed E-state index contributed by atoms with van der Waals surface area (Å²) in [7, 11) is 0. The fourth-order valence-electron chi connectivity index (χ4n) is 12.9. The van der Waals surface area contributed by atoms with Gasteiger partial charge in [-0.15, -0.1) is 0 Å². The Morgan fingerprint density at radius 3 is 0.908 bits per heavy atom. The van der Waals surface area contributed by atoms with Crippen molar-refractivity contribution in [1.29, 1.82) is 0 Å². The quantitative estimate of drug-likeness (QED) is 0.0320.